The maximum Gasteiger partial charge on any atom is 0.341 e. The molecule has 3 heterocycles. The first-order valence-electron chi connectivity index (χ1n) is 12.4. The third kappa shape index (κ3) is 4.00. The van der Waals surface area contributed by atoms with Gasteiger partial charge in [-0.05, 0) is 37.5 Å². The first kappa shape index (κ1) is 23.4. The molecular formula is C28H27FN4O4. The maximum atomic E-state index is 15.5. The first-order valence-corrected chi connectivity index (χ1v) is 12.4. The summed E-state index contributed by atoms with van der Waals surface area (Å²) in [6.07, 6.45) is 2.12. The number of anilines is 1. The molecule has 0 aliphatic carbocycles. The summed E-state index contributed by atoms with van der Waals surface area (Å²) in [5, 5.41) is 14.6. The number of nitrogens with one attached hydrogen (secondary N) is 1. The van der Waals surface area contributed by atoms with E-state index in [0.717, 1.165) is 56.0 Å². The van der Waals surface area contributed by atoms with Crippen molar-refractivity contribution in [3.8, 4) is 17.2 Å². The lowest BCUT2D eigenvalue weighted by molar-refractivity contribution is 0.0695. The average molecular weight is 503 g/mol. The third-order valence-electron chi connectivity index (χ3n) is 7.30. The van der Waals surface area contributed by atoms with Gasteiger partial charge in [0.25, 0.3) is 0 Å². The minimum absolute atomic E-state index is 0.0332. The Labute approximate surface area is 212 Å². The Kier molecular flexibility index (Phi) is 5.81. The van der Waals surface area contributed by atoms with E-state index in [2.05, 4.69) is 22.2 Å². The van der Waals surface area contributed by atoms with Crippen LogP contribution in [0.4, 0.5) is 10.1 Å². The number of carbonyl (C=O) groups is 1. The Hall–Kier alpha value is -3.95. The van der Waals surface area contributed by atoms with E-state index in [9.17, 15) is 14.7 Å². The summed E-state index contributed by atoms with van der Waals surface area (Å²) in [5.74, 6) is -1.35. The highest BCUT2D eigenvalue weighted by molar-refractivity contribution is 6.01. The topological polar surface area (TPSA) is 87.0 Å². The molecule has 0 bridgehead atoms. The van der Waals surface area contributed by atoms with Crippen LogP contribution >= 0.6 is 0 Å². The second kappa shape index (κ2) is 9.17. The number of halogens is 1. The Balaban J connectivity index is 1.43. The van der Waals surface area contributed by atoms with Gasteiger partial charge in [0.1, 0.15) is 16.8 Å². The van der Waals surface area contributed by atoms with E-state index in [4.69, 9.17) is 4.74 Å². The summed E-state index contributed by atoms with van der Waals surface area (Å²) >= 11 is 0. The van der Waals surface area contributed by atoms with Gasteiger partial charge < -0.3 is 29.5 Å². The van der Waals surface area contributed by atoms with Crippen molar-refractivity contribution in [3.63, 3.8) is 0 Å². The van der Waals surface area contributed by atoms with Gasteiger partial charge in [-0.25, -0.2) is 9.18 Å². The standard InChI is InChI=1S/C28H27FN4O4/c1-31-11-13-32(14-12-31)10-4-9-30-23-21(29)15-19-24-27(23)37-26-18-6-3-2-5-17(18)7-8-22(26)33(24)16-20(25(19)34)28(35)36/h2-3,5-8,15-16,30H,4,9-14H2,1H3,(H,35,36). The van der Waals surface area contributed by atoms with E-state index in [1.807, 2.05) is 36.4 Å². The molecule has 190 valence electrons. The second-order valence-corrected chi connectivity index (χ2v) is 9.67. The normalized spacial score (nSPS) is 15.5. The lowest BCUT2D eigenvalue weighted by atomic mass is 10.0. The zero-order valence-electron chi connectivity index (χ0n) is 20.5. The van der Waals surface area contributed by atoms with E-state index in [1.165, 1.54) is 6.20 Å². The largest absolute Gasteiger partial charge is 0.477 e. The number of pyridine rings is 1. The van der Waals surface area contributed by atoms with Crippen LogP contribution in [0.5, 0.6) is 11.5 Å². The quantitative estimate of drug-likeness (QED) is 0.338. The maximum absolute atomic E-state index is 15.5. The molecule has 4 aromatic rings. The smallest absolute Gasteiger partial charge is 0.341 e. The molecule has 0 amide bonds. The van der Waals surface area contributed by atoms with Gasteiger partial charge in [0.2, 0.25) is 5.43 Å². The van der Waals surface area contributed by atoms with Crippen LogP contribution in [-0.2, 0) is 0 Å². The lowest BCUT2D eigenvalue weighted by Gasteiger charge is -2.32. The van der Waals surface area contributed by atoms with Crippen molar-refractivity contribution in [2.45, 2.75) is 6.42 Å². The van der Waals surface area contributed by atoms with Crippen molar-refractivity contribution in [2.24, 2.45) is 0 Å². The van der Waals surface area contributed by atoms with Gasteiger partial charge in [-0.1, -0.05) is 30.3 Å². The number of carboxylic acid groups (broad SMARTS) is 1. The Bertz CT molecular complexity index is 1610. The molecule has 0 atom stereocenters. The number of aromatic carboxylic acids is 1. The van der Waals surface area contributed by atoms with Crippen molar-refractivity contribution in [1.82, 2.24) is 14.4 Å². The van der Waals surface area contributed by atoms with Gasteiger partial charge in [-0.3, -0.25) is 4.79 Å². The molecule has 8 nitrogen and oxygen atoms in total. The van der Waals surface area contributed by atoms with Crippen molar-refractivity contribution in [2.75, 3.05) is 51.6 Å². The highest BCUT2D eigenvalue weighted by atomic mass is 19.1. The van der Waals surface area contributed by atoms with Crippen LogP contribution in [0.2, 0.25) is 0 Å². The summed E-state index contributed by atoms with van der Waals surface area (Å²) in [6.45, 7) is 5.51. The van der Waals surface area contributed by atoms with Crippen molar-refractivity contribution >= 4 is 33.3 Å². The van der Waals surface area contributed by atoms with Crippen molar-refractivity contribution in [3.05, 3.63) is 70.3 Å². The van der Waals surface area contributed by atoms with Crippen molar-refractivity contribution in [1.29, 1.82) is 0 Å². The average Bonchev–Trinajstić information content (AvgIpc) is 2.90. The molecule has 3 aromatic carbocycles. The predicted octanol–water partition coefficient (Wildman–Crippen LogP) is 4.14. The summed E-state index contributed by atoms with van der Waals surface area (Å²) < 4.78 is 23.5. The lowest BCUT2D eigenvalue weighted by Crippen LogP contribution is -2.44. The molecule has 1 saturated heterocycles. The zero-order chi connectivity index (χ0) is 25.7. The molecule has 9 heteroatoms. The van der Waals surface area contributed by atoms with Gasteiger partial charge >= 0.3 is 5.97 Å². The zero-order valence-corrected chi connectivity index (χ0v) is 20.5. The van der Waals surface area contributed by atoms with Gasteiger partial charge in [0, 0.05) is 44.3 Å². The number of hydrogen-bond acceptors (Lipinski definition) is 6. The number of piperazine rings is 1. The number of likely N-dealkylation sites (N-methyl/N-ethyl adjacent to an activating group) is 1. The molecule has 0 saturated carbocycles. The van der Waals surface area contributed by atoms with Crippen LogP contribution in [0.25, 0.3) is 27.4 Å². The molecule has 0 radical (unpaired) electrons. The molecule has 2 N–H and O–H groups in total. The number of benzene rings is 3. The summed E-state index contributed by atoms with van der Waals surface area (Å²) in [4.78, 5) is 29.6. The van der Waals surface area contributed by atoms with Gasteiger partial charge in [0.05, 0.1) is 11.1 Å². The van der Waals surface area contributed by atoms with Crippen LogP contribution in [0.15, 0.2) is 53.5 Å². The number of fused-ring (bicyclic) bond motifs is 4. The van der Waals surface area contributed by atoms with Gasteiger partial charge in [-0.15, -0.1) is 0 Å². The fourth-order valence-corrected chi connectivity index (χ4v) is 5.25. The highest BCUT2D eigenvalue weighted by Gasteiger charge is 2.29. The number of aromatic nitrogens is 1. The number of hydrogen-bond donors (Lipinski definition) is 2. The van der Waals surface area contributed by atoms with E-state index < -0.39 is 22.8 Å². The third-order valence-corrected chi connectivity index (χ3v) is 7.30. The minimum atomic E-state index is -1.36. The van der Waals surface area contributed by atoms with Gasteiger partial charge in [-0.2, -0.15) is 0 Å². The van der Waals surface area contributed by atoms with E-state index in [0.29, 0.717) is 23.5 Å². The van der Waals surface area contributed by atoms with Crippen LogP contribution in [-0.4, -0.2) is 71.8 Å². The molecular weight excluding hydrogens is 475 g/mol. The Morgan fingerprint density at radius 1 is 1.08 bits per heavy atom. The van der Waals surface area contributed by atoms with Gasteiger partial charge in [0.15, 0.2) is 17.3 Å². The van der Waals surface area contributed by atoms with Crippen molar-refractivity contribution < 1.29 is 19.0 Å². The SMILES string of the molecule is CN1CCN(CCCNc2c(F)cc3c(=O)c(C(=O)O)cn4c3c2Oc2c-4ccc3ccccc23)CC1. The Morgan fingerprint density at radius 2 is 1.86 bits per heavy atom. The van der Waals surface area contributed by atoms with E-state index in [-0.39, 0.29) is 16.8 Å². The minimum Gasteiger partial charge on any atom is -0.477 e. The van der Waals surface area contributed by atoms with E-state index in [1.54, 1.807) is 4.57 Å². The second-order valence-electron chi connectivity index (χ2n) is 9.67. The molecule has 1 fully saturated rings. The number of carboxylic acids is 1. The highest BCUT2D eigenvalue weighted by Crippen LogP contribution is 2.47. The van der Waals surface area contributed by atoms with Crippen LogP contribution in [0, 0.1) is 5.82 Å². The number of rotatable bonds is 6. The number of nitrogens with zero attached hydrogens (tertiary/aromatic N) is 3. The fourth-order valence-electron chi connectivity index (χ4n) is 5.25. The summed E-state index contributed by atoms with van der Waals surface area (Å²) in [6, 6.07) is 12.5. The number of ether oxygens (including phenoxy) is 1. The molecule has 0 spiro atoms. The monoisotopic (exact) mass is 502 g/mol. The molecule has 37 heavy (non-hydrogen) atoms. The Morgan fingerprint density at radius 3 is 2.65 bits per heavy atom. The molecule has 2 aliphatic heterocycles. The summed E-state index contributed by atoms with van der Waals surface area (Å²) in [5.41, 5.74) is -0.0622. The van der Waals surface area contributed by atoms with Crippen LogP contribution in [0.1, 0.15) is 16.8 Å². The fraction of sp³-hybridized carbons (Fsp3) is 0.286. The molecule has 0 unspecified atom stereocenters. The van der Waals surface area contributed by atoms with E-state index >= 15 is 4.39 Å². The van der Waals surface area contributed by atoms with Crippen LogP contribution < -0.4 is 15.5 Å². The molecule has 2 aliphatic rings. The summed E-state index contributed by atoms with van der Waals surface area (Å²) in [7, 11) is 2.12. The van der Waals surface area contributed by atoms with Crippen LogP contribution in [0.3, 0.4) is 0 Å². The molecule has 1 aromatic heterocycles. The first-order chi connectivity index (χ1) is 17.9. The molecule has 6 rings (SSSR count). The predicted molar refractivity (Wildman–Crippen MR) is 141 cm³/mol.